The van der Waals surface area contributed by atoms with E-state index in [1.807, 2.05) is 26.0 Å². The number of aliphatic hydroxyl groups is 1. The summed E-state index contributed by atoms with van der Waals surface area (Å²) < 4.78 is 10.4. The topological polar surface area (TPSA) is 55.8 Å². The van der Waals surface area contributed by atoms with Gasteiger partial charge in [-0.2, -0.15) is 0 Å². The highest BCUT2D eigenvalue weighted by Gasteiger charge is 2.46. The number of aliphatic hydroxyl groups excluding tert-OH is 1. The van der Waals surface area contributed by atoms with Crippen LogP contribution in [0.25, 0.3) is 0 Å². The largest absolute Gasteiger partial charge is 0.496 e. The summed E-state index contributed by atoms with van der Waals surface area (Å²) in [6, 6.07) is 3.78. The Kier molecular flexibility index (Phi) is 3.41. The summed E-state index contributed by atoms with van der Waals surface area (Å²) in [5.41, 5.74) is 1.68. The Morgan fingerprint density at radius 1 is 1.44 bits per heavy atom. The molecule has 1 N–H and O–H groups in total. The van der Waals surface area contributed by atoms with Gasteiger partial charge in [0.25, 0.3) is 0 Å². The molecule has 4 heteroatoms. The number of Topliss-reactive ketones (excluding diaryl/α,β-unsaturated/α-hetero) is 1. The molecule has 0 unspecified atom stereocenters. The van der Waals surface area contributed by atoms with Gasteiger partial charge in [-0.3, -0.25) is 4.79 Å². The van der Waals surface area contributed by atoms with Crippen LogP contribution in [0.3, 0.4) is 0 Å². The van der Waals surface area contributed by atoms with Gasteiger partial charge < -0.3 is 14.6 Å². The second-order valence-corrected chi connectivity index (χ2v) is 4.92. The van der Waals surface area contributed by atoms with Gasteiger partial charge in [-0.25, -0.2) is 0 Å². The Balaban J connectivity index is 2.47. The summed E-state index contributed by atoms with van der Waals surface area (Å²) in [5, 5.41) is 9.43. The van der Waals surface area contributed by atoms with Gasteiger partial charge in [-0.15, -0.1) is 0 Å². The molecule has 0 bridgehead atoms. The van der Waals surface area contributed by atoms with E-state index in [1.165, 1.54) is 0 Å². The molecule has 1 fully saturated rings. The molecule has 1 heterocycles. The van der Waals surface area contributed by atoms with Crippen molar-refractivity contribution in [3.8, 4) is 5.75 Å². The summed E-state index contributed by atoms with van der Waals surface area (Å²) >= 11 is 0. The van der Waals surface area contributed by atoms with Gasteiger partial charge in [0.15, 0.2) is 5.78 Å². The monoisotopic (exact) mass is 250 g/mol. The van der Waals surface area contributed by atoms with Crippen molar-refractivity contribution in [3.05, 3.63) is 28.8 Å². The normalized spacial score (nSPS) is 17.1. The second kappa shape index (κ2) is 4.71. The molecule has 1 aromatic rings. The predicted octanol–water partition coefficient (Wildman–Crippen LogP) is 1.50. The van der Waals surface area contributed by atoms with Crippen LogP contribution in [0.15, 0.2) is 12.1 Å². The van der Waals surface area contributed by atoms with Crippen molar-refractivity contribution >= 4 is 5.78 Å². The highest BCUT2D eigenvalue weighted by atomic mass is 16.5. The van der Waals surface area contributed by atoms with Gasteiger partial charge in [-0.1, -0.05) is 6.07 Å². The summed E-state index contributed by atoms with van der Waals surface area (Å²) in [4.78, 5) is 12.5. The van der Waals surface area contributed by atoms with Crippen LogP contribution in [0.4, 0.5) is 0 Å². The van der Waals surface area contributed by atoms with E-state index < -0.39 is 5.41 Å². The molecule has 0 aliphatic carbocycles. The number of benzene rings is 1. The zero-order valence-corrected chi connectivity index (χ0v) is 10.9. The third kappa shape index (κ3) is 1.91. The number of methoxy groups -OCH3 is 1. The lowest BCUT2D eigenvalue weighted by Crippen LogP contribution is -2.51. The number of ether oxygens (including phenoxy) is 2. The Morgan fingerprint density at radius 2 is 2.11 bits per heavy atom. The number of ketones is 1. The fraction of sp³-hybridized carbons (Fsp3) is 0.500. The Bertz CT molecular complexity index is 469. The first-order valence-electron chi connectivity index (χ1n) is 5.93. The van der Waals surface area contributed by atoms with E-state index in [2.05, 4.69) is 0 Å². The molecular formula is C14H18O4. The average Bonchev–Trinajstić information content (AvgIpc) is 2.27. The molecule has 1 aliphatic rings. The van der Waals surface area contributed by atoms with Crippen molar-refractivity contribution in [2.45, 2.75) is 13.8 Å². The molecule has 0 amide bonds. The van der Waals surface area contributed by atoms with Gasteiger partial charge in [0.2, 0.25) is 0 Å². The lowest BCUT2D eigenvalue weighted by atomic mass is 9.78. The first-order chi connectivity index (χ1) is 8.54. The molecule has 1 aliphatic heterocycles. The van der Waals surface area contributed by atoms with Crippen LogP contribution < -0.4 is 4.74 Å². The molecule has 0 atom stereocenters. The third-order valence-corrected chi connectivity index (χ3v) is 3.41. The maximum atomic E-state index is 12.5. The van der Waals surface area contributed by atoms with Gasteiger partial charge in [0, 0.05) is 0 Å². The minimum Gasteiger partial charge on any atom is -0.496 e. The van der Waals surface area contributed by atoms with Crippen molar-refractivity contribution in [1.82, 2.24) is 0 Å². The predicted molar refractivity (Wildman–Crippen MR) is 67.1 cm³/mol. The van der Waals surface area contributed by atoms with Crippen LogP contribution in [0, 0.1) is 19.3 Å². The van der Waals surface area contributed by atoms with Crippen molar-refractivity contribution in [2.75, 3.05) is 26.9 Å². The van der Waals surface area contributed by atoms with E-state index in [9.17, 15) is 9.90 Å². The van der Waals surface area contributed by atoms with Crippen molar-refractivity contribution in [1.29, 1.82) is 0 Å². The van der Waals surface area contributed by atoms with E-state index >= 15 is 0 Å². The Hall–Kier alpha value is -1.39. The Morgan fingerprint density at radius 3 is 2.56 bits per heavy atom. The standard InChI is InChI=1S/C14H18O4/c1-9-4-10(2)12(17-3)11(5-9)13(16)14(6-15)7-18-8-14/h4-5,15H,6-8H2,1-3H3. The summed E-state index contributed by atoms with van der Waals surface area (Å²) in [6.45, 7) is 4.20. The van der Waals surface area contributed by atoms with Gasteiger partial charge in [-0.05, 0) is 31.0 Å². The molecule has 0 radical (unpaired) electrons. The van der Waals surface area contributed by atoms with Crippen LogP contribution in [-0.2, 0) is 4.74 Å². The SMILES string of the molecule is COc1c(C)cc(C)cc1C(=O)C1(CO)COC1. The van der Waals surface area contributed by atoms with Crippen LogP contribution >= 0.6 is 0 Å². The van der Waals surface area contributed by atoms with E-state index in [4.69, 9.17) is 9.47 Å². The molecule has 0 saturated carbocycles. The minimum atomic E-state index is -0.784. The zero-order valence-electron chi connectivity index (χ0n) is 10.9. The Labute approximate surface area is 107 Å². The van der Waals surface area contributed by atoms with Crippen LogP contribution in [0.2, 0.25) is 0 Å². The van der Waals surface area contributed by atoms with E-state index in [0.717, 1.165) is 11.1 Å². The molecule has 0 aromatic heterocycles. The van der Waals surface area contributed by atoms with Crippen molar-refractivity contribution in [2.24, 2.45) is 5.41 Å². The van der Waals surface area contributed by atoms with Crippen LogP contribution in [-0.4, -0.2) is 37.8 Å². The molecule has 98 valence electrons. The second-order valence-electron chi connectivity index (χ2n) is 4.92. The maximum Gasteiger partial charge on any atom is 0.179 e. The lowest BCUT2D eigenvalue weighted by Gasteiger charge is -2.38. The third-order valence-electron chi connectivity index (χ3n) is 3.41. The van der Waals surface area contributed by atoms with E-state index in [1.54, 1.807) is 7.11 Å². The number of carbonyl (C=O) groups is 1. The fourth-order valence-corrected chi connectivity index (χ4v) is 2.32. The quantitative estimate of drug-likeness (QED) is 0.823. The average molecular weight is 250 g/mol. The number of carbonyl (C=O) groups excluding carboxylic acids is 1. The lowest BCUT2D eigenvalue weighted by molar-refractivity contribution is -0.109. The summed E-state index contributed by atoms with van der Waals surface area (Å²) in [7, 11) is 1.55. The summed E-state index contributed by atoms with van der Waals surface area (Å²) in [5.74, 6) is 0.491. The first-order valence-corrected chi connectivity index (χ1v) is 5.93. The highest BCUT2D eigenvalue weighted by Crippen LogP contribution is 2.36. The number of hydrogen-bond donors (Lipinski definition) is 1. The molecule has 1 saturated heterocycles. The van der Waals surface area contributed by atoms with Gasteiger partial charge in [0.1, 0.15) is 11.2 Å². The summed E-state index contributed by atoms with van der Waals surface area (Å²) in [6.07, 6.45) is 0. The fourth-order valence-electron chi connectivity index (χ4n) is 2.32. The highest BCUT2D eigenvalue weighted by molar-refractivity contribution is 6.04. The number of hydrogen-bond acceptors (Lipinski definition) is 4. The first kappa shape index (κ1) is 13.1. The van der Waals surface area contributed by atoms with E-state index in [-0.39, 0.29) is 25.6 Å². The minimum absolute atomic E-state index is 0.0973. The van der Waals surface area contributed by atoms with Crippen molar-refractivity contribution < 1.29 is 19.4 Å². The molecular weight excluding hydrogens is 232 g/mol. The van der Waals surface area contributed by atoms with Gasteiger partial charge >= 0.3 is 0 Å². The number of rotatable bonds is 4. The van der Waals surface area contributed by atoms with Gasteiger partial charge in [0.05, 0.1) is 32.5 Å². The molecule has 1 aromatic carbocycles. The molecule has 18 heavy (non-hydrogen) atoms. The smallest absolute Gasteiger partial charge is 0.179 e. The van der Waals surface area contributed by atoms with E-state index in [0.29, 0.717) is 11.3 Å². The molecule has 2 rings (SSSR count). The van der Waals surface area contributed by atoms with Crippen LogP contribution in [0.5, 0.6) is 5.75 Å². The van der Waals surface area contributed by atoms with Crippen LogP contribution in [0.1, 0.15) is 21.5 Å². The number of aryl methyl sites for hydroxylation is 2. The maximum absolute atomic E-state index is 12.5. The molecule has 4 nitrogen and oxygen atoms in total. The zero-order chi connectivity index (χ0) is 13.3. The van der Waals surface area contributed by atoms with Crippen molar-refractivity contribution in [3.63, 3.8) is 0 Å². The molecule has 0 spiro atoms.